The van der Waals surface area contributed by atoms with Crippen LogP contribution in [0.4, 0.5) is 4.79 Å². The van der Waals surface area contributed by atoms with Gasteiger partial charge in [0.1, 0.15) is 13.2 Å². The molecule has 1 saturated heterocycles. The van der Waals surface area contributed by atoms with E-state index in [0.29, 0.717) is 52.4 Å². The molecule has 3 aliphatic rings. The summed E-state index contributed by atoms with van der Waals surface area (Å²) >= 11 is 0.852. The molecule has 176 valence electrons. The molecule has 34 heavy (non-hydrogen) atoms. The van der Waals surface area contributed by atoms with Crippen molar-refractivity contribution in [3.63, 3.8) is 0 Å². The quantitative estimate of drug-likeness (QED) is 0.619. The van der Waals surface area contributed by atoms with Gasteiger partial charge in [-0.2, -0.15) is 0 Å². The van der Waals surface area contributed by atoms with Gasteiger partial charge < -0.3 is 29.0 Å². The number of thioether (sulfide) groups is 1. The fourth-order valence-electron chi connectivity index (χ4n) is 3.63. The van der Waals surface area contributed by atoms with Crippen LogP contribution < -0.4 is 29.0 Å². The zero-order valence-corrected chi connectivity index (χ0v) is 18.9. The van der Waals surface area contributed by atoms with E-state index in [1.54, 1.807) is 36.4 Å². The Morgan fingerprint density at radius 2 is 1.91 bits per heavy atom. The Morgan fingerprint density at radius 1 is 1.09 bits per heavy atom. The van der Waals surface area contributed by atoms with Gasteiger partial charge in [-0.05, 0) is 47.7 Å². The van der Waals surface area contributed by atoms with Crippen molar-refractivity contribution in [1.29, 1.82) is 0 Å². The maximum Gasteiger partial charge on any atom is 0.293 e. The molecule has 0 aromatic heterocycles. The van der Waals surface area contributed by atoms with Crippen molar-refractivity contribution < 1.29 is 38.1 Å². The predicted octanol–water partition coefficient (Wildman–Crippen LogP) is 2.66. The molecule has 0 bridgehead atoms. The van der Waals surface area contributed by atoms with E-state index in [0.717, 1.165) is 22.2 Å². The third kappa shape index (κ3) is 4.21. The number of carbonyl (C=O) groups is 3. The molecule has 2 aromatic rings. The number of rotatable bonds is 6. The largest absolute Gasteiger partial charge is 0.493 e. The summed E-state index contributed by atoms with van der Waals surface area (Å²) in [6.45, 7) is 1.05. The van der Waals surface area contributed by atoms with Crippen molar-refractivity contribution in [2.75, 3.05) is 40.2 Å². The lowest BCUT2D eigenvalue weighted by molar-refractivity contribution is -0.122. The first-order chi connectivity index (χ1) is 16.5. The van der Waals surface area contributed by atoms with E-state index in [1.807, 2.05) is 0 Å². The normalized spacial score (nSPS) is 17.3. The lowest BCUT2D eigenvalue weighted by Crippen LogP contribution is -2.37. The van der Waals surface area contributed by atoms with Crippen molar-refractivity contribution in [2.24, 2.45) is 0 Å². The molecule has 3 aliphatic heterocycles. The van der Waals surface area contributed by atoms with Crippen LogP contribution in [0.15, 0.2) is 35.2 Å². The summed E-state index contributed by atoms with van der Waals surface area (Å²) < 4.78 is 27.0. The van der Waals surface area contributed by atoms with E-state index in [2.05, 4.69) is 5.32 Å². The van der Waals surface area contributed by atoms with Gasteiger partial charge in [0.15, 0.2) is 23.0 Å². The summed E-state index contributed by atoms with van der Waals surface area (Å²) in [5.74, 6) is 1.69. The Morgan fingerprint density at radius 3 is 2.76 bits per heavy atom. The molecule has 3 amide bonds. The van der Waals surface area contributed by atoms with Gasteiger partial charge in [0, 0.05) is 18.7 Å². The zero-order chi connectivity index (χ0) is 23.7. The van der Waals surface area contributed by atoms with Crippen LogP contribution in [-0.4, -0.2) is 62.2 Å². The smallest absolute Gasteiger partial charge is 0.293 e. The van der Waals surface area contributed by atoms with Crippen molar-refractivity contribution in [3.05, 3.63) is 46.4 Å². The number of methoxy groups -OCH3 is 1. The standard InChI is InChI=1S/C23H20N2O8S/c1-29-17-10-14(11-18-20(17)31-7-6-30-18)21(26)24-4-5-25-22(27)19(34-23(25)28)9-13-2-3-15-16(8-13)33-12-32-15/h2-3,8-11H,4-7,12H2,1H3,(H,24,26)/b19-9-. The highest BCUT2D eigenvalue weighted by Crippen LogP contribution is 2.40. The molecular weight excluding hydrogens is 464 g/mol. The number of fused-ring (bicyclic) bond motifs is 2. The van der Waals surface area contributed by atoms with Gasteiger partial charge in [-0.15, -0.1) is 0 Å². The van der Waals surface area contributed by atoms with Gasteiger partial charge in [0.25, 0.3) is 17.1 Å². The topological polar surface area (TPSA) is 113 Å². The van der Waals surface area contributed by atoms with Gasteiger partial charge in [-0.1, -0.05) is 6.07 Å². The molecule has 0 saturated carbocycles. The van der Waals surface area contributed by atoms with Gasteiger partial charge in [-0.25, -0.2) is 0 Å². The molecule has 10 nitrogen and oxygen atoms in total. The van der Waals surface area contributed by atoms with E-state index in [9.17, 15) is 14.4 Å². The van der Waals surface area contributed by atoms with Crippen molar-refractivity contribution >= 4 is 34.9 Å². The van der Waals surface area contributed by atoms with Crippen LogP contribution in [0.5, 0.6) is 28.7 Å². The Bertz CT molecular complexity index is 1190. The van der Waals surface area contributed by atoms with Crippen molar-refractivity contribution in [1.82, 2.24) is 10.2 Å². The Hall–Kier alpha value is -3.86. The minimum Gasteiger partial charge on any atom is -0.493 e. The summed E-state index contributed by atoms with van der Waals surface area (Å²) in [5.41, 5.74) is 1.04. The fourth-order valence-corrected chi connectivity index (χ4v) is 4.50. The number of hydrogen-bond acceptors (Lipinski definition) is 9. The van der Waals surface area contributed by atoms with E-state index in [4.69, 9.17) is 23.7 Å². The summed E-state index contributed by atoms with van der Waals surface area (Å²) in [5, 5.41) is 2.33. The summed E-state index contributed by atoms with van der Waals surface area (Å²) in [4.78, 5) is 39.2. The molecule has 0 unspecified atom stereocenters. The first-order valence-corrected chi connectivity index (χ1v) is 11.3. The lowest BCUT2D eigenvalue weighted by atomic mass is 10.1. The lowest BCUT2D eigenvalue weighted by Gasteiger charge is -2.21. The highest BCUT2D eigenvalue weighted by molar-refractivity contribution is 8.18. The first kappa shape index (κ1) is 22.0. The van der Waals surface area contributed by atoms with Crippen molar-refractivity contribution in [2.45, 2.75) is 0 Å². The molecule has 3 heterocycles. The van der Waals surface area contributed by atoms with E-state index < -0.39 is 17.1 Å². The molecule has 0 aliphatic carbocycles. The third-order valence-corrected chi connectivity index (χ3v) is 6.19. The highest BCUT2D eigenvalue weighted by Gasteiger charge is 2.35. The summed E-state index contributed by atoms with van der Waals surface area (Å²) in [6, 6.07) is 8.40. The van der Waals surface area contributed by atoms with Gasteiger partial charge in [0.2, 0.25) is 12.5 Å². The monoisotopic (exact) mass is 484 g/mol. The maximum absolute atomic E-state index is 12.7. The molecule has 0 spiro atoms. The predicted molar refractivity (Wildman–Crippen MR) is 122 cm³/mol. The Balaban J connectivity index is 1.21. The molecule has 2 aromatic carbocycles. The number of ether oxygens (including phenoxy) is 5. The minimum atomic E-state index is -0.414. The molecular formula is C23H20N2O8S. The molecule has 1 N–H and O–H groups in total. The second-order valence-corrected chi connectivity index (χ2v) is 8.40. The van der Waals surface area contributed by atoms with Gasteiger partial charge in [-0.3, -0.25) is 19.3 Å². The van der Waals surface area contributed by atoms with Crippen LogP contribution in [-0.2, 0) is 4.79 Å². The number of nitrogens with one attached hydrogen (secondary N) is 1. The average molecular weight is 484 g/mol. The van der Waals surface area contributed by atoms with Crippen LogP contribution >= 0.6 is 11.8 Å². The van der Waals surface area contributed by atoms with E-state index >= 15 is 0 Å². The molecule has 0 radical (unpaired) electrons. The van der Waals surface area contributed by atoms with Crippen molar-refractivity contribution in [3.8, 4) is 28.7 Å². The van der Waals surface area contributed by atoms with Gasteiger partial charge >= 0.3 is 0 Å². The number of carbonyl (C=O) groups excluding carboxylic acids is 3. The van der Waals surface area contributed by atoms with Crippen LogP contribution in [0.2, 0.25) is 0 Å². The highest BCUT2D eigenvalue weighted by atomic mass is 32.2. The Kier molecular flexibility index (Phi) is 5.93. The molecule has 0 atom stereocenters. The fraction of sp³-hybridized carbons (Fsp3) is 0.261. The number of hydrogen-bond donors (Lipinski definition) is 1. The number of benzene rings is 2. The number of nitrogens with zero attached hydrogens (tertiary/aromatic N) is 1. The van der Waals surface area contributed by atoms with E-state index in [-0.39, 0.29) is 19.9 Å². The van der Waals surface area contributed by atoms with Gasteiger partial charge in [0.05, 0.1) is 12.0 Å². The maximum atomic E-state index is 12.7. The average Bonchev–Trinajstić information content (AvgIpc) is 3.42. The second kappa shape index (κ2) is 9.18. The SMILES string of the molecule is COc1cc(C(=O)NCCN2C(=O)S/C(=C\c3ccc4c(c3)OCO4)C2=O)cc2c1OCCO2. The Labute approximate surface area is 198 Å². The van der Waals surface area contributed by atoms with Crippen LogP contribution in [0.3, 0.4) is 0 Å². The number of amides is 3. The number of imide groups is 1. The second-order valence-electron chi connectivity index (χ2n) is 7.40. The van der Waals surface area contributed by atoms with Crippen LogP contribution in [0, 0.1) is 0 Å². The molecule has 5 rings (SSSR count). The molecule has 1 fully saturated rings. The summed E-state index contributed by atoms with van der Waals surface area (Å²) in [6.07, 6.45) is 1.63. The van der Waals surface area contributed by atoms with Crippen LogP contribution in [0.1, 0.15) is 15.9 Å². The minimum absolute atomic E-state index is 0.0383. The summed E-state index contributed by atoms with van der Waals surface area (Å²) in [7, 11) is 1.48. The van der Waals surface area contributed by atoms with E-state index in [1.165, 1.54) is 7.11 Å². The zero-order valence-electron chi connectivity index (χ0n) is 18.1. The molecule has 11 heteroatoms. The van der Waals surface area contributed by atoms with Crippen LogP contribution in [0.25, 0.3) is 6.08 Å². The third-order valence-electron chi connectivity index (χ3n) is 5.28. The first-order valence-electron chi connectivity index (χ1n) is 10.4.